The zero-order chi connectivity index (χ0) is 18.0. The molecule has 1 aromatic carbocycles. The van der Waals surface area contributed by atoms with Gasteiger partial charge in [-0.15, -0.1) is 0 Å². The average Bonchev–Trinajstić information content (AvgIpc) is 2.84. The van der Waals surface area contributed by atoms with Crippen LogP contribution in [0.25, 0.3) is 0 Å². The molecule has 0 bridgehead atoms. The molecule has 1 aromatic rings. The van der Waals surface area contributed by atoms with Crippen LogP contribution >= 0.6 is 23.2 Å². The zero-order valence-electron chi connectivity index (χ0n) is 13.4. The number of ether oxygens (including phenoxy) is 1. The monoisotopic (exact) mass is 381 g/mol. The Balaban J connectivity index is 1.53. The molecule has 5 nitrogen and oxygen atoms in total. The summed E-state index contributed by atoms with van der Waals surface area (Å²) in [6.07, 6.45) is 4.98. The molecule has 0 aromatic heterocycles. The quantitative estimate of drug-likeness (QED) is 0.445. The van der Waals surface area contributed by atoms with Gasteiger partial charge in [0.2, 0.25) is 11.8 Å². The Labute approximate surface area is 155 Å². The Kier molecular flexibility index (Phi) is 5.45. The summed E-state index contributed by atoms with van der Waals surface area (Å²) in [6, 6.07) is 5.02. The molecule has 1 fully saturated rings. The minimum absolute atomic E-state index is 0.0414. The van der Waals surface area contributed by atoms with Crippen LogP contribution in [0.4, 0.5) is 0 Å². The van der Waals surface area contributed by atoms with E-state index in [2.05, 4.69) is 0 Å². The van der Waals surface area contributed by atoms with Gasteiger partial charge in [0.05, 0.1) is 18.3 Å². The van der Waals surface area contributed by atoms with Gasteiger partial charge < -0.3 is 4.74 Å². The molecule has 25 heavy (non-hydrogen) atoms. The normalized spacial score (nSPS) is 22.2. The van der Waals surface area contributed by atoms with E-state index in [0.717, 1.165) is 0 Å². The highest BCUT2D eigenvalue weighted by Gasteiger charge is 2.46. The van der Waals surface area contributed by atoms with Gasteiger partial charge in [-0.3, -0.25) is 19.3 Å². The van der Waals surface area contributed by atoms with E-state index in [1.165, 1.54) is 4.90 Å². The lowest BCUT2D eigenvalue weighted by molar-refractivity contribution is -0.146. The number of hydrogen-bond donors (Lipinski definition) is 0. The van der Waals surface area contributed by atoms with Crippen LogP contribution in [0.1, 0.15) is 24.8 Å². The lowest BCUT2D eigenvalue weighted by Gasteiger charge is -2.14. The number of imide groups is 1. The topological polar surface area (TPSA) is 63.7 Å². The van der Waals surface area contributed by atoms with Crippen molar-refractivity contribution in [3.8, 4) is 0 Å². The van der Waals surface area contributed by atoms with E-state index in [0.29, 0.717) is 28.5 Å². The van der Waals surface area contributed by atoms with Crippen molar-refractivity contribution in [1.82, 2.24) is 4.90 Å². The van der Waals surface area contributed by atoms with Crippen molar-refractivity contribution >= 4 is 41.0 Å². The Hall–Kier alpha value is -1.85. The van der Waals surface area contributed by atoms with E-state index in [9.17, 15) is 14.4 Å². The first-order valence-electron chi connectivity index (χ1n) is 8.07. The van der Waals surface area contributed by atoms with Crippen molar-refractivity contribution in [2.24, 2.45) is 11.8 Å². The second kappa shape index (κ2) is 7.58. The molecule has 0 spiro atoms. The van der Waals surface area contributed by atoms with E-state index in [4.69, 9.17) is 27.9 Å². The summed E-state index contributed by atoms with van der Waals surface area (Å²) in [6.45, 7) is -0.00580. The highest BCUT2D eigenvalue weighted by atomic mass is 35.5. The largest absolute Gasteiger partial charge is 0.461 e. The van der Waals surface area contributed by atoms with Crippen LogP contribution in [0.15, 0.2) is 30.4 Å². The molecule has 2 amide bonds. The number of amides is 2. The van der Waals surface area contributed by atoms with Crippen LogP contribution in [0.3, 0.4) is 0 Å². The van der Waals surface area contributed by atoms with Crippen molar-refractivity contribution in [2.45, 2.75) is 25.9 Å². The Morgan fingerprint density at radius 2 is 1.64 bits per heavy atom. The van der Waals surface area contributed by atoms with Gasteiger partial charge in [0.1, 0.15) is 6.61 Å². The van der Waals surface area contributed by atoms with E-state index >= 15 is 0 Å². The summed E-state index contributed by atoms with van der Waals surface area (Å²) < 4.78 is 5.17. The van der Waals surface area contributed by atoms with E-state index in [1.807, 2.05) is 12.2 Å². The predicted molar refractivity (Wildman–Crippen MR) is 92.9 cm³/mol. The maximum Gasteiger partial charge on any atom is 0.307 e. The van der Waals surface area contributed by atoms with E-state index < -0.39 is 5.97 Å². The SMILES string of the molecule is O=C(CCN1C(=O)[C@@H]2CC=CC[C@H]2C1=O)OCc1c(Cl)cccc1Cl. The molecular weight excluding hydrogens is 365 g/mol. The highest BCUT2D eigenvalue weighted by molar-refractivity contribution is 6.35. The molecule has 0 unspecified atom stereocenters. The number of fused-ring (bicyclic) bond motifs is 1. The molecule has 0 saturated carbocycles. The average molecular weight is 382 g/mol. The fourth-order valence-electron chi connectivity index (χ4n) is 3.19. The van der Waals surface area contributed by atoms with Gasteiger partial charge in [0, 0.05) is 22.2 Å². The van der Waals surface area contributed by atoms with E-state index in [1.54, 1.807) is 18.2 Å². The van der Waals surface area contributed by atoms with Crippen LogP contribution in [-0.2, 0) is 25.7 Å². The zero-order valence-corrected chi connectivity index (χ0v) is 14.9. The van der Waals surface area contributed by atoms with Crippen LogP contribution < -0.4 is 0 Å². The minimum atomic E-state index is -0.510. The molecule has 0 N–H and O–H groups in total. The number of hydrogen-bond acceptors (Lipinski definition) is 4. The molecule has 132 valence electrons. The van der Waals surface area contributed by atoms with Crippen LogP contribution in [0.2, 0.25) is 10.0 Å². The fourth-order valence-corrected chi connectivity index (χ4v) is 3.69. The molecule has 2 atom stereocenters. The van der Waals surface area contributed by atoms with E-state index in [-0.39, 0.29) is 43.2 Å². The summed E-state index contributed by atoms with van der Waals surface area (Å²) in [5.74, 6) is -1.46. The van der Waals surface area contributed by atoms with Crippen LogP contribution in [0.5, 0.6) is 0 Å². The number of halogens is 2. The van der Waals surface area contributed by atoms with Gasteiger partial charge in [0.25, 0.3) is 0 Å². The molecule has 7 heteroatoms. The Bertz CT molecular complexity index is 700. The number of rotatable bonds is 5. The summed E-state index contributed by atoms with van der Waals surface area (Å²) in [5.41, 5.74) is 0.532. The molecule has 2 aliphatic rings. The molecule has 0 radical (unpaired) electrons. The molecule has 1 heterocycles. The highest BCUT2D eigenvalue weighted by Crippen LogP contribution is 2.35. The second-order valence-corrected chi connectivity index (χ2v) is 6.91. The van der Waals surface area contributed by atoms with Gasteiger partial charge in [-0.25, -0.2) is 0 Å². The Morgan fingerprint density at radius 1 is 1.08 bits per heavy atom. The van der Waals surface area contributed by atoms with Gasteiger partial charge in [-0.1, -0.05) is 41.4 Å². The number of nitrogens with zero attached hydrogens (tertiary/aromatic N) is 1. The van der Waals surface area contributed by atoms with Gasteiger partial charge in [0.15, 0.2) is 0 Å². The molecule has 1 aliphatic heterocycles. The molecule has 3 rings (SSSR count). The predicted octanol–water partition coefficient (Wildman–Crippen LogP) is 3.38. The van der Waals surface area contributed by atoms with Gasteiger partial charge in [-0.05, 0) is 25.0 Å². The third-order valence-corrected chi connectivity index (χ3v) is 5.29. The van der Waals surface area contributed by atoms with Gasteiger partial charge >= 0.3 is 5.97 Å². The summed E-state index contributed by atoms with van der Waals surface area (Å²) in [7, 11) is 0. The molecular formula is C18H17Cl2NO4. The lowest BCUT2D eigenvalue weighted by atomic mass is 9.85. The Morgan fingerprint density at radius 3 is 2.20 bits per heavy atom. The summed E-state index contributed by atoms with van der Waals surface area (Å²) in [5, 5.41) is 0.837. The molecule has 1 saturated heterocycles. The number of esters is 1. The van der Waals surface area contributed by atoms with Gasteiger partial charge in [-0.2, -0.15) is 0 Å². The maximum absolute atomic E-state index is 12.3. The van der Waals surface area contributed by atoms with Crippen LogP contribution in [0, 0.1) is 11.8 Å². The lowest BCUT2D eigenvalue weighted by Crippen LogP contribution is -2.33. The summed E-state index contributed by atoms with van der Waals surface area (Å²) in [4.78, 5) is 37.8. The first kappa shape index (κ1) is 18.0. The minimum Gasteiger partial charge on any atom is -0.461 e. The fraction of sp³-hybridized carbons (Fsp3) is 0.389. The number of allylic oxidation sites excluding steroid dienone is 2. The third-order valence-electron chi connectivity index (χ3n) is 4.58. The maximum atomic E-state index is 12.3. The van der Waals surface area contributed by atoms with Crippen molar-refractivity contribution in [3.05, 3.63) is 46.0 Å². The van der Waals surface area contributed by atoms with Crippen LogP contribution in [-0.4, -0.2) is 29.2 Å². The number of carbonyl (C=O) groups excluding carboxylic acids is 3. The van der Waals surface area contributed by atoms with Crippen molar-refractivity contribution in [3.63, 3.8) is 0 Å². The number of likely N-dealkylation sites (tertiary alicyclic amines) is 1. The van der Waals surface area contributed by atoms with Crippen molar-refractivity contribution in [1.29, 1.82) is 0 Å². The van der Waals surface area contributed by atoms with Crippen molar-refractivity contribution < 1.29 is 19.1 Å². The number of benzene rings is 1. The van der Waals surface area contributed by atoms with Crippen molar-refractivity contribution in [2.75, 3.05) is 6.54 Å². The first-order valence-corrected chi connectivity index (χ1v) is 8.83. The standard InChI is InChI=1S/C18H17Cl2NO4/c19-14-6-3-7-15(20)13(14)10-25-16(22)8-9-21-17(23)11-4-1-2-5-12(11)18(21)24/h1-3,6-7,11-12H,4-5,8-10H2/t11-,12-/m1/s1. The summed E-state index contributed by atoms with van der Waals surface area (Å²) >= 11 is 12.0. The first-order chi connectivity index (χ1) is 12.0. The number of carbonyl (C=O) groups is 3. The second-order valence-electron chi connectivity index (χ2n) is 6.09. The third kappa shape index (κ3) is 3.72. The molecule has 1 aliphatic carbocycles. The smallest absolute Gasteiger partial charge is 0.307 e.